The highest BCUT2D eigenvalue weighted by Gasteiger charge is 2.13. The van der Waals surface area contributed by atoms with Crippen LogP contribution in [-0.2, 0) is 0 Å². The smallest absolute Gasteiger partial charge is 0.271 e. The number of carbonyl (C=O) groups excluding carboxylic acids is 1. The molecule has 1 aromatic rings. The standard InChI is InChI=1S/C9H14N2O2S/c1-3-7(4-12)11-9(13)8-5-14-6(2)10-8/h5,7,12H,3-4H2,1-2H3,(H,11,13)/t7-/m0/s1. The normalized spacial score (nSPS) is 12.5. The first kappa shape index (κ1) is 11.1. The van der Waals surface area contributed by atoms with Gasteiger partial charge in [-0.1, -0.05) is 6.92 Å². The van der Waals surface area contributed by atoms with Crippen LogP contribution in [-0.4, -0.2) is 28.6 Å². The molecule has 1 atom stereocenters. The zero-order valence-electron chi connectivity index (χ0n) is 8.28. The number of hydrogen-bond donors (Lipinski definition) is 2. The maximum absolute atomic E-state index is 11.5. The molecule has 2 N–H and O–H groups in total. The topological polar surface area (TPSA) is 62.2 Å². The molecule has 0 fully saturated rings. The van der Waals surface area contributed by atoms with Crippen molar-refractivity contribution in [1.29, 1.82) is 0 Å². The minimum absolute atomic E-state index is 0.0363. The third-order valence-corrected chi connectivity index (χ3v) is 2.67. The van der Waals surface area contributed by atoms with E-state index in [-0.39, 0.29) is 18.6 Å². The number of carbonyl (C=O) groups is 1. The highest BCUT2D eigenvalue weighted by atomic mass is 32.1. The van der Waals surface area contributed by atoms with E-state index in [2.05, 4.69) is 10.3 Å². The van der Waals surface area contributed by atoms with Crippen LogP contribution in [0.5, 0.6) is 0 Å². The van der Waals surface area contributed by atoms with Gasteiger partial charge in [0.05, 0.1) is 17.7 Å². The molecule has 0 bridgehead atoms. The predicted molar refractivity (Wildman–Crippen MR) is 55.5 cm³/mol. The predicted octanol–water partition coefficient (Wildman–Crippen LogP) is 0.952. The molecule has 5 heteroatoms. The third-order valence-electron chi connectivity index (χ3n) is 1.90. The highest BCUT2D eigenvalue weighted by Crippen LogP contribution is 2.07. The Morgan fingerprint density at radius 1 is 1.79 bits per heavy atom. The number of rotatable bonds is 4. The lowest BCUT2D eigenvalue weighted by Gasteiger charge is -2.12. The number of hydrogen-bond acceptors (Lipinski definition) is 4. The van der Waals surface area contributed by atoms with Crippen LogP contribution in [0.1, 0.15) is 28.8 Å². The number of aliphatic hydroxyl groups excluding tert-OH is 1. The third kappa shape index (κ3) is 2.78. The number of aliphatic hydroxyl groups is 1. The lowest BCUT2D eigenvalue weighted by Crippen LogP contribution is -2.37. The van der Waals surface area contributed by atoms with Crippen molar-refractivity contribution in [2.75, 3.05) is 6.61 Å². The van der Waals surface area contributed by atoms with E-state index < -0.39 is 0 Å². The SMILES string of the molecule is CC[C@@H](CO)NC(=O)c1csc(C)n1. The summed E-state index contributed by atoms with van der Waals surface area (Å²) in [6, 6.07) is -0.176. The van der Waals surface area contributed by atoms with Gasteiger partial charge in [-0.05, 0) is 13.3 Å². The Balaban J connectivity index is 2.58. The Morgan fingerprint density at radius 2 is 2.50 bits per heavy atom. The molecule has 0 unspecified atom stereocenters. The Kier molecular flexibility index (Phi) is 4.03. The average molecular weight is 214 g/mol. The molecule has 0 radical (unpaired) electrons. The molecule has 1 aromatic heterocycles. The molecule has 1 heterocycles. The van der Waals surface area contributed by atoms with Crippen LogP contribution in [0.3, 0.4) is 0 Å². The van der Waals surface area contributed by atoms with Crippen molar-refractivity contribution >= 4 is 17.2 Å². The quantitative estimate of drug-likeness (QED) is 0.784. The van der Waals surface area contributed by atoms with Gasteiger partial charge in [0.15, 0.2) is 0 Å². The van der Waals surface area contributed by atoms with E-state index in [1.807, 2.05) is 13.8 Å². The summed E-state index contributed by atoms with van der Waals surface area (Å²) in [5.41, 5.74) is 0.430. The molecule has 0 aliphatic rings. The number of nitrogens with zero attached hydrogens (tertiary/aromatic N) is 1. The van der Waals surface area contributed by atoms with Crippen molar-refractivity contribution < 1.29 is 9.90 Å². The molecule has 78 valence electrons. The Hall–Kier alpha value is -0.940. The van der Waals surface area contributed by atoms with Crippen molar-refractivity contribution in [3.63, 3.8) is 0 Å². The maximum atomic E-state index is 11.5. The van der Waals surface area contributed by atoms with Gasteiger partial charge in [0.25, 0.3) is 5.91 Å². The van der Waals surface area contributed by atoms with Crippen molar-refractivity contribution in [2.24, 2.45) is 0 Å². The molecule has 0 spiro atoms. The molecule has 14 heavy (non-hydrogen) atoms. The molecule has 4 nitrogen and oxygen atoms in total. The molecule has 1 amide bonds. The number of amides is 1. The van der Waals surface area contributed by atoms with E-state index >= 15 is 0 Å². The van der Waals surface area contributed by atoms with Crippen molar-refractivity contribution in [3.8, 4) is 0 Å². The second-order valence-electron chi connectivity index (χ2n) is 3.01. The summed E-state index contributed by atoms with van der Waals surface area (Å²) < 4.78 is 0. The number of aryl methyl sites for hydroxylation is 1. The fourth-order valence-corrected chi connectivity index (χ4v) is 1.60. The minimum atomic E-state index is -0.213. The number of aromatic nitrogens is 1. The van der Waals surface area contributed by atoms with Gasteiger partial charge >= 0.3 is 0 Å². The molecular formula is C9H14N2O2S. The summed E-state index contributed by atoms with van der Waals surface area (Å²) in [6.07, 6.45) is 0.714. The Labute approximate surface area is 87.0 Å². The first-order valence-corrected chi connectivity index (χ1v) is 5.39. The summed E-state index contributed by atoms with van der Waals surface area (Å²) >= 11 is 1.44. The van der Waals surface area contributed by atoms with Crippen LogP contribution >= 0.6 is 11.3 Å². The molecule has 0 aromatic carbocycles. The summed E-state index contributed by atoms with van der Waals surface area (Å²) in [6.45, 7) is 3.73. The summed E-state index contributed by atoms with van der Waals surface area (Å²) in [5.74, 6) is -0.213. The second-order valence-corrected chi connectivity index (χ2v) is 4.08. The highest BCUT2D eigenvalue weighted by molar-refractivity contribution is 7.09. The maximum Gasteiger partial charge on any atom is 0.271 e. The van der Waals surface area contributed by atoms with Gasteiger partial charge in [-0.2, -0.15) is 0 Å². The average Bonchev–Trinajstić information content (AvgIpc) is 2.61. The van der Waals surface area contributed by atoms with Gasteiger partial charge < -0.3 is 10.4 Å². The van der Waals surface area contributed by atoms with E-state index in [1.165, 1.54) is 11.3 Å². The lowest BCUT2D eigenvalue weighted by molar-refractivity contribution is 0.0910. The summed E-state index contributed by atoms with van der Waals surface area (Å²) in [7, 11) is 0. The molecule has 0 aliphatic carbocycles. The van der Waals surface area contributed by atoms with E-state index in [9.17, 15) is 4.79 Å². The summed E-state index contributed by atoms with van der Waals surface area (Å²) in [4.78, 5) is 15.6. The van der Waals surface area contributed by atoms with Gasteiger partial charge in [0.1, 0.15) is 5.69 Å². The van der Waals surface area contributed by atoms with Crippen LogP contribution in [0.25, 0.3) is 0 Å². The van der Waals surface area contributed by atoms with Gasteiger partial charge in [0.2, 0.25) is 0 Å². The first-order chi connectivity index (χ1) is 6.67. The van der Waals surface area contributed by atoms with Crippen molar-refractivity contribution in [2.45, 2.75) is 26.3 Å². The van der Waals surface area contributed by atoms with Crippen LogP contribution in [0, 0.1) is 6.92 Å². The van der Waals surface area contributed by atoms with Crippen molar-refractivity contribution in [3.05, 3.63) is 16.1 Å². The van der Waals surface area contributed by atoms with Crippen LogP contribution < -0.4 is 5.32 Å². The van der Waals surface area contributed by atoms with E-state index in [0.29, 0.717) is 12.1 Å². The minimum Gasteiger partial charge on any atom is -0.394 e. The van der Waals surface area contributed by atoms with Crippen LogP contribution in [0.2, 0.25) is 0 Å². The first-order valence-electron chi connectivity index (χ1n) is 4.51. The summed E-state index contributed by atoms with van der Waals surface area (Å²) in [5, 5.41) is 14.2. The molecule has 0 aliphatic heterocycles. The molecular weight excluding hydrogens is 200 g/mol. The Bertz CT molecular complexity index is 308. The largest absolute Gasteiger partial charge is 0.394 e. The van der Waals surface area contributed by atoms with Gasteiger partial charge in [-0.25, -0.2) is 4.98 Å². The van der Waals surface area contributed by atoms with Crippen molar-refractivity contribution in [1.82, 2.24) is 10.3 Å². The lowest BCUT2D eigenvalue weighted by atomic mass is 10.2. The number of nitrogens with one attached hydrogen (secondary N) is 1. The monoisotopic (exact) mass is 214 g/mol. The zero-order chi connectivity index (χ0) is 10.6. The second kappa shape index (κ2) is 5.07. The van der Waals surface area contributed by atoms with Gasteiger partial charge in [0, 0.05) is 5.38 Å². The van der Waals surface area contributed by atoms with E-state index in [1.54, 1.807) is 5.38 Å². The molecule has 0 saturated heterocycles. The van der Waals surface area contributed by atoms with Crippen LogP contribution in [0.15, 0.2) is 5.38 Å². The van der Waals surface area contributed by atoms with E-state index in [0.717, 1.165) is 5.01 Å². The van der Waals surface area contributed by atoms with E-state index in [4.69, 9.17) is 5.11 Å². The fraction of sp³-hybridized carbons (Fsp3) is 0.556. The van der Waals surface area contributed by atoms with Gasteiger partial charge in [-0.3, -0.25) is 4.79 Å². The molecule has 0 saturated carbocycles. The molecule has 1 rings (SSSR count). The Morgan fingerprint density at radius 3 is 2.93 bits per heavy atom. The zero-order valence-corrected chi connectivity index (χ0v) is 9.10. The van der Waals surface area contributed by atoms with Crippen LogP contribution in [0.4, 0.5) is 0 Å². The number of thiazole rings is 1. The van der Waals surface area contributed by atoms with Gasteiger partial charge in [-0.15, -0.1) is 11.3 Å². The fourth-order valence-electron chi connectivity index (χ4n) is 1.00.